The first-order chi connectivity index (χ1) is 12.5. The van der Waals surface area contributed by atoms with Gasteiger partial charge in [-0.2, -0.15) is 8.78 Å². The molecule has 3 nitrogen and oxygen atoms in total. The van der Waals surface area contributed by atoms with Gasteiger partial charge < -0.3 is 4.90 Å². The Morgan fingerprint density at radius 2 is 1.62 bits per heavy atom. The molecule has 2 aromatic rings. The molecule has 0 spiro atoms. The van der Waals surface area contributed by atoms with Crippen LogP contribution in [-0.2, 0) is 6.54 Å². The molecule has 138 valence electrons. The number of carbonyl (C=O) groups excluding carboxylic acids is 1. The summed E-state index contributed by atoms with van der Waals surface area (Å²) in [5, 5.41) is 0.724. The lowest BCUT2D eigenvalue weighted by Gasteiger charge is -2.34. The van der Waals surface area contributed by atoms with E-state index in [0.717, 1.165) is 24.7 Å². The van der Waals surface area contributed by atoms with Crippen LogP contribution in [0, 0.1) is 0 Å². The molecule has 1 heterocycles. The number of alkyl halides is 2. The van der Waals surface area contributed by atoms with Gasteiger partial charge in [0, 0.05) is 48.2 Å². The number of rotatable bonds is 5. The molecular weight excluding hydrogens is 378 g/mol. The predicted molar refractivity (Wildman–Crippen MR) is 101 cm³/mol. The maximum Gasteiger partial charge on any atom is 0.288 e. The third-order valence-corrected chi connectivity index (χ3v) is 5.28. The van der Waals surface area contributed by atoms with Crippen molar-refractivity contribution in [3.63, 3.8) is 0 Å². The van der Waals surface area contributed by atoms with E-state index in [2.05, 4.69) is 4.90 Å². The Balaban J connectivity index is 1.52. The summed E-state index contributed by atoms with van der Waals surface area (Å²) in [6.45, 7) is 3.74. The van der Waals surface area contributed by atoms with E-state index >= 15 is 0 Å². The number of benzene rings is 2. The van der Waals surface area contributed by atoms with Crippen molar-refractivity contribution in [3.8, 4) is 0 Å². The van der Waals surface area contributed by atoms with E-state index in [4.69, 9.17) is 11.6 Å². The Morgan fingerprint density at radius 1 is 1.00 bits per heavy atom. The first-order valence-corrected chi connectivity index (χ1v) is 9.58. The van der Waals surface area contributed by atoms with E-state index < -0.39 is 5.76 Å². The first-order valence-electron chi connectivity index (χ1n) is 8.32. The Bertz CT molecular complexity index is 732. The molecule has 3 rings (SSSR count). The lowest BCUT2D eigenvalue weighted by molar-refractivity contribution is 0.0628. The van der Waals surface area contributed by atoms with E-state index in [1.165, 1.54) is 5.56 Å². The van der Waals surface area contributed by atoms with Crippen LogP contribution in [0.25, 0.3) is 0 Å². The van der Waals surface area contributed by atoms with Crippen molar-refractivity contribution in [1.82, 2.24) is 9.80 Å². The fourth-order valence-corrected chi connectivity index (χ4v) is 3.54. The fourth-order valence-electron chi connectivity index (χ4n) is 2.92. The summed E-state index contributed by atoms with van der Waals surface area (Å²) < 4.78 is 24.7. The normalized spacial score (nSPS) is 15.5. The minimum atomic E-state index is -2.45. The van der Waals surface area contributed by atoms with Crippen molar-refractivity contribution in [2.45, 2.75) is 17.2 Å². The molecule has 1 amide bonds. The summed E-state index contributed by atoms with van der Waals surface area (Å²) in [7, 11) is 0. The number of nitrogens with zero attached hydrogens (tertiary/aromatic N) is 2. The van der Waals surface area contributed by atoms with Gasteiger partial charge in [0.25, 0.3) is 11.7 Å². The Kier molecular flexibility index (Phi) is 6.51. The summed E-state index contributed by atoms with van der Waals surface area (Å²) in [5.74, 6) is -2.50. The van der Waals surface area contributed by atoms with Gasteiger partial charge in [-0.05, 0) is 42.0 Å². The maximum absolute atomic E-state index is 12.6. The molecule has 0 unspecified atom stereocenters. The number of thioether (sulfide) groups is 1. The van der Waals surface area contributed by atoms with Crippen molar-refractivity contribution in [2.75, 3.05) is 26.2 Å². The van der Waals surface area contributed by atoms with Crippen LogP contribution in [0.15, 0.2) is 53.4 Å². The van der Waals surface area contributed by atoms with Gasteiger partial charge in [-0.3, -0.25) is 9.69 Å². The maximum atomic E-state index is 12.6. The van der Waals surface area contributed by atoms with Gasteiger partial charge in [0.2, 0.25) is 0 Å². The van der Waals surface area contributed by atoms with Crippen LogP contribution in [0.1, 0.15) is 15.9 Å². The molecule has 0 saturated carbocycles. The van der Waals surface area contributed by atoms with Crippen LogP contribution < -0.4 is 0 Å². The Hall–Kier alpha value is -1.63. The van der Waals surface area contributed by atoms with Gasteiger partial charge in [0.15, 0.2) is 0 Å². The number of hydrogen-bond donors (Lipinski definition) is 0. The van der Waals surface area contributed by atoms with Crippen LogP contribution in [0.4, 0.5) is 8.78 Å². The van der Waals surface area contributed by atoms with E-state index in [9.17, 15) is 13.6 Å². The van der Waals surface area contributed by atoms with Crippen molar-refractivity contribution in [2.24, 2.45) is 0 Å². The average molecular weight is 397 g/mol. The van der Waals surface area contributed by atoms with Crippen LogP contribution in [0.5, 0.6) is 0 Å². The van der Waals surface area contributed by atoms with Crippen molar-refractivity contribution >= 4 is 29.3 Å². The third-order valence-electron chi connectivity index (χ3n) is 4.31. The van der Waals surface area contributed by atoms with Crippen LogP contribution in [0.3, 0.4) is 0 Å². The topological polar surface area (TPSA) is 23.6 Å². The number of amides is 1. The number of carbonyl (C=O) groups is 1. The van der Waals surface area contributed by atoms with Gasteiger partial charge in [-0.15, -0.1) is 0 Å². The van der Waals surface area contributed by atoms with Crippen molar-refractivity contribution < 1.29 is 13.6 Å². The van der Waals surface area contributed by atoms with Crippen LogP contribution in [0.2, 0.25) is 5.02 Å². The highest BCUT2D eigenvalue weighted by Gasteiger charge is 2.22. The molecule has 0 radical (unpaired) electrons. The lowest BCUT2D eigenvalue weighted by Crippen LogP contribution is -2.48. The van der Waals surface area contributed by atoms with E-state index in [1.807, 2.05) is 29.2 Å². The largest absolute Gasteiger partial charge is 0.336 e. The summed E-state index contributed by atoms with van der Waals surface area (Å²) in [5.41, 5.74) is 1.73. The first kappa shape index (κ1) is 19.1. The molecule has 0 aromatic heterocycles. The van der Waals surface area contributed by atoms with Gasteiger partial charge in [-0.1, -0.05) is 35.5 Å². The number of hydrogen-bond acceptors (Lipinski definition) is 3. The Labute approximate surface area is 160 Å². The Morgan fingerprint density at radius 3 is 2.19 bits per heavy atom. The van der Waals surface area contributed by atoms with Crippen molar-refractivity contribution in [1.29, 1.82) is 0 Å². The fraction of sp³-hybridized carbons (Fsp3) is 0.316. The quantitative estimate of drug-likeness (QED) is 0.689. The van der Waals surface area contributed by atoms with E-state index in [1.54, 1.807) is 24.3 Å². The summed E-state index contributed by atoms with van der Waals surface area (Å²) >= 11 is 6.39. The summed E-state index contributed by atoms with van der Waals surface area (Å²) in [4.78, 5) is 17.1. The van der Waals surface area contributed by atoms with Gasteiger partial charge in [-0.25, -0.2) is 0 Å². The second-order valence-corrected chi connectivity index (χ2v) is 7.60. The molecule has 1 fully saturated rings. The monoisotopic (exact) mass is 396 g/mol. The van der Waals surface area contributed by atoms with Crippen molar-refractivity contribution in [3.05, 3.63) is 64.7 Å². The van der Waals surface area contributed by atoms with Crippen LogP contribution >= 0.6 is 23.4 Å². The van der Waals surface area contributed by atoms with Gasteiger partial charge in [0.1, 0.15) is 0 Å². The molecule has 0 atom stereocenters. The molecule has 2 aromatic carbocycles. The molecule has 0 bridgehead atoms. The van der Waals surface area contributed by atoms with Gasteiger partial charge >= 0.3 is 0 Å². The lowest BCUT2D eigenvalue weighted by atomic mass is 10.1. The minimum Gasteiger partial charge on any atom is -0.336 e. The molecule has 1 aliphatic rings. The zero-order valence-electron chi connectivity index (χ0n) is 14.1. The highest BCUT2D eigenvalue weighted by atomic mass is 35.5. The molecule has 0 aliphatic carbocycles. The summed E-state index contributed by atoms with van der Waals surface area (Å²) in [6.07, 6.45) is 0. The zero-order valence-corrected chi connectivity index (χ0v) is 15.6. The molecule has 26 heavy (non-hydrogen) atoms. The molecule has 1 saturated heterocycles. The predicted octanol–water partition coefficient (Wildman–Crippen LogP) is 4.61. The third kappa shape index (κ3) is 5.19. The number of halogens is 3. The second-order valence-electron chi connectivity index (χ2n) is 6.10. The summed E-state index contributed by atoms with van der Waals surface area (Å²) in [6, 6.07) is 14.2. The molecular formula is C19H19ClF2N2OS. The average Bonchev–Trinajstić information content (AvgIpc) is 2.64. The van der Waals surface area contributed by atoms with Crippen LogP contribution in [-0.4, -0.2) is 47.6 Å². The SMILES string of the molecule is O=C(c1ccc(SC(F)F)cc1)N1CCN(Cc2ccc(Cl)cc2)CC1. The molecule has 7 heteroatoms. The molecule has 1 aliphatic heterocycles. The van der Waals surface area contributed by atoms with E-state index in [0.29, 0.717) is 35.3 Å². The molecule has 0 N–H and O–H groups in total. The zero-order chi connectivity index (χ0) is 18.5. The highest BCUT2D eigenvalue weighted by Crippen LogP contribution is 2.25. The smallest absolute Gasteiger partial charge is 0.288 e. The van der Waals surface area contributed by atoms with E-state index in [-0.39, 0.29) is 5.91 Å². The second kappa shape index (κ2) is 8.84. The highest BCUT2D eigenvalue weighted by molar-refractivity contribution is 7.99. The van der Waals surface area contributed by atoms with Gasteiger partial charge in [0.05, 0.1) is 0 Å². The minimum absolute atomic E-state index is 0.0512. The number of piperazine rings is 1. The standard InChI is InChI=1S/C19H19ClF2N2OS/c20-16-5-1-14(2-6-16)13-23-9-11-24(12-10-23)18(25)15-3-7-17(8-4-15)26-19(21)22/h1-8,19H,9-13H2.